The first kappa shape index (κ1) is 27.2. The lowest BCUT2D eigenvalue weighted by atomic mass is 10.1. The molecule has 2 heteroatoms. The highest BCUT2D eigenvalue weighted by atomic mass is 15.1. The van der Waals surface area contributed by atoms with E-state index < -0.39 is 0 Å². The van der Waals surface area contributed by atoms with Gasteiger partial charge in [-0.05, 0) is 26.2 Å². The molecule has 0 aliphatic carbocycles. The molecule has 0 aliphatic heterocycles. The van der Waals surface area contributed by atoms with Crippen molar-refractivity contribution >= 4 is 0 Å². The standard InChI is InChI=1S/C28H55N2/c1-4-7-9-11-13-15-16-18-20-22-24-28-29(6-3)26-27-30(28)25-23-21-19-17-14-12-10-8-5-2/h26-27H,4-25H2,1-3H3/q+1. The largest absolute Gasteiger partial charge is 0.256 e. The Labute approximate surface area is 189 Å². The molecule has 1 aromatic rings. The first-order chi connectivity index (χ1) is 14.8. The van der Waals surface area contributed by atoms with Gasteiger partial charge in [0, 0.05) is 6.42 Å². The van der Waals surface area contributed by atoms with Crippen molar-refractivity contribution in [3.8, 4) is 0 Å². The number of imidazole rings is 1. The van der Waals surface area contributed by atoms with Crippen molar-refractivity contribution in [2.75, 3.05) is 0 Å². The van der Waals surface area contributed by atoms with E-state index in [-0.39, 0.29) is 0 Å². The lowest BCUT2D eigenvalue weighted by Gasteiger charge is -2.06. The Balaban J connectivity index is 2.12. The minimum atomic E-state index is 1.11. The van der Waals surface area contributed by atoms with Crippen molar-refractivity contribution in [3.05, 3.63) is 18.2 Å². The van der Waals surface area contributed by atoms with Gasteiger partial charge in [-0.1, -0.05) is 117 Å². The molecule has 0 unspecified atom stereocenters. The summed E-state index contributed by atoms with van der Waals surface area (Å²) in [5.41, 5.74) is 0. The van der Waals surface area contributed by atoms with Gasteiger partial charge in [-0.25, -0.2) is 9.13 Å². The first-order valence-corrected chi connectivity index (χ1v) is 13.9. The fourth-order valence-electron chi connectivity index (χ4n) is 4.64. The molecule has 0 aromatic carbocycles. The van der Waals surface area contributed by atoms with Crippen molar-refractivity contribution in [2.45, 2.75) is 162 Å². The molecule has 0 saturated carbocycles. The molecule has 176 valence electrons. The van der Waals surface area contributed by atoms with Crippen molar-refractivity contribution in [1.82, 2.24) is 4.57 Å². The Morgan fingerprint density at radius 2 is 1.00 bits per heavy atom. The average Bonchev–Trinajstić information content (AvgIpc) is 3.15. The van der Waals surface area contributed by atoms with E-state index >= 15 is 0 Å². The Hall–Kier alpha value is -0.790. The molecular weight excluding hydrogens is 364 g/mol. The average molecular weight is 420 g/mol. The topological polar surface area (TPSA) is 8.81 Å². The second-order valence-electron chi connectivity index (χ2n) is 9.45. The number of hydrogen-bond donors (Lipinski definition) is 0. The summed E-state index contributed by atoms with van der Waals surface area (Å²) in [5, 5.41) is 0. The molecular formula is C28H55N2+. The minimum absolute atomic E-state index is 1.11. The van der Waals surface area contributed by atoms with Gasteiger partial charge < -0.3 is 0 Å². The molecule has 30 heavy (non-hydrogen) atoms. The van der Waals surface area contributed by atoms with Gasteiger partial charge >= 0.3 is 0 Å². The second kappa shape index (κ2) is 20.1. The van der Waals surface area contributed by atoms with Crippen LogP contribution < -0.4 is 4.57 Å². The molecule has 1 aromatic heterocycles. The van der Waals surface area contributed by atoms with E-state index in [4.69, 9.17) is 0 Å². The third-order valence-corrected chi connectivity index (χ3v) is 6.69. The highest BCUT2D eigenvalue weighted by molar-refractivity contribution is 4.83. The normalized spacial score (nSPS) is 11.4. The molecule has 0 bridgehead atoms. The van der Waals surface area contributed by atoms with E-state index in [2.05, 4.69) is 42.3 Å². The van der Waals surface area contributed by atoms with Crippen LogP contribution in [0.4, 0.5) is 0 Å². The van der Waals surface area contributed by atoms with Crippen LogP contribution in [0.3, 0.4) is 0 Å². The van der Waals surface area contributed by atoms with Gasteiger partial charge in [-0.15, -0.1) is 0 Å². The van der Waals surface area contributed by atoms with Gasteiger partial charge in [0.05, 0.1) is 13.1 Å². The van der Waals surface area contributed by atoms with Crippen LogP contribution in [0.15, 0.2) is 12.4 Å². The predicted molar refractivity (Wildman–Crippen MR) is 133 cm³/mol. The summed E-state index contributed by atoms with van der Waals surface area (Å²) in [5.74, 6) is 1.57. The summed E-state index contributed by atoms with van der Waals surface area (Å²) in [4.78, 5) is 0. The molecule has 0 atom stereocenters. The van der Waals surface area contributed by atoms with Gasteiger partial charge in [-0.2, -0.15) is 0 Å². The minimum Gasteiger partial charge on any atom is -0.235 e. The van der Waals surface area contributed by atoms with Crippen LogP contribution in [0, 0.1) is 0 Å². The number of unbranched alkanes of at least 4 members (excludes halogenated alkanes) is 17. The monoisotopic (exact) mass is 419 g/mol. The van der Waals surface area contributed by atoms with Gasteiger partial charge in [0.25, 0.3) is 5.82 Å². The van der Waals surface area contributed by atoms with E-state index in [0.29, 0.717) is 0 Å². The van der Waals surface area contributed by atoms with E-state index in [1.807, 2.05) is 0 Å². The van der Waals surface area contributed by atoms with Gasteiger partial charge in [-0.3, -0.25) is 0 Å². The van der Waals surface area contributed by atoms with E-state index in [1.54, 1.807) is 5.82 Å². The van der Waals surface area contributed by atoms with Crippen LogP contribution in [0.2, 0.25) is 0 Å². The van der Waals surface area contributed by atoms with E-state index in [9.17, 15) is 0 Å². The number of nitrogens with zero attached hydrogens (tertiary/aromatic N) is 2. The van der Waals surface area contributed by atoms with Gasteiger partial charge in [0.15, 0.2) is 0 Å². The molecule has 1 heterocycles. The van der Waals surface area contributed by atoms with Crippen LogP contribution in [0.1, 0.15) is 149 Å². The molecule has 0 fully saturated rings. The van der Waals surface area contributed by atoms with Crippen LogP contribution in [-0.4, -0.2) is 4.57 Å². The molecule has 0 N–H and O–H groups in total. The molecule has 2 nitrogen and oxygen atoms in total. The molecule has 0 spiro atoms. The number of hydrogen-bond acceptors (Lipinski definition) is 0. The molecule has 0 radical (unpaired) electrons. The first-order valence-electron chi connectivity index (χ1n) is 13.9. The van der Waals surface area contributed by atoms with Crippen molar-refractivity contribution in [3.63, 3.8) is 0 Å². The van der Waals surface area contributed by atoms with Crippen molar-refractivity contribution in [1.29, 1.82) is 0 Å². The van der Waals surface area contributed by atoms with Crippen LogP contribution >= 0.6 is 0 Å². The molecule has 0 saturated heterocycles. The maximum Gasteiger partial charge on any atom is 0.256 e. The van der Waals surface area contributed by atoms with Crippen molar-refractivity contribution in [2.24, 2.45) is 0 Å². The summed E-state index contributed by atoms with van der Waals surface area (Å²) in [6.07, 6.45) is 32.9. The highest BCUT2D eigenvalue weighted by Gasteiger charge is 2.15. The Bertz CT molecular complexity index is 477. The third-order valence-electron chi connectivity index (χ3n) is 6.69. The summed E-state index contributed by atoms with van der Waals surface area (Å²) in [6.45, 7) is 9.21. The zero-order valence-corrected chi connectivity index (χ0v) is 21.1. The lowest BCUT2D eigenvalue weighted by molar-refractivity contribution is -0.704. The van der Waals surface area contributed by atoms with Gasteiger partial charge in [0.1, 0.15) is 12.4 Å². The second-order valence-corrected chi connectivity index (χ2v) is 9.45. The summed E-state index contributed by atoms with van der Waals surface area (Å²) in [7, 11) is 0. The lowest BCUT2D eigenvalue weighted by Crippen LogP contribution is -2.37. The highest BCUT2D eigenvalue weighted by Crippen LogP contribution is 2.13. The van der Waals surface area contributed by atoms with Crippen LogP contribution in [0.25, 0.3) is 0 Å². The quantitative estimate of drug-likeness (QED) is 0.131. The summed E-state index contributed by atoms with van der Waals surface area (Å²) >= 11 is 0. The predicted octanol–water partition coefficient (Wildman–Crippen LogP) is 8.79. The summed E-state index contributed by atoms with van der Waals surface area (Å²) in [6, 6.07) is 0. The smallest absolute Gasteiger partial charge is 0.235 e. The van der Waals surface area contributed by atoms with Crippen molar-refractivity contribution < 1.29 is 4.57 Å². The zero-order chi connectivity index (χ0) is 21.7. The Kier molecular flexibility index (Phi) is 18.3. The number of aromatic nitrogens is 2. The maximum absolute atomic E-state index is 2.55. The zero-order valence-electron chi connectivity index (χ0n) is 21.1. The third kappa shape index (κ3) is 13.5. The Morgan fingerprint density at radius 1 is 0.567 bits per heavy atom. The van der Waals surface area contributed by atoms with Crippen LogP contribution in [0.5, 0.6) is 0 Å². The molecule has 0 amide bonds. The fourth-order valence-corrected chi connectivity index (χ4v) is 4.64. The Morgan fingerprint density at radius 3 is 1.47 bits per heavy atom. The molecule has 1 rings (SSSR count). The van der Waals surface area contributed by atoms with Gasteiger partial charge in [0.2, 0.25) is 0 Å². The SMILES string of the molecule is CCCCCCCCCCCCc1n(CC)cc[n+]1CCCCCCCCCCC. The van der Waals surface area contributed by atoms with Crippen LogP contribution in [-0.2, 0) is 19.5 Å². The van der Waals surface area contributed by atoms with E-state index in [1.165, 1.54) is 135 Å². The maximum atomic E-state index is 2.55. The van der Waals surface area contributed by atoms with E-state index in [0.717, 1.165) is 6.54 Å². The fraction of sp³-hybridized carbons (Fsp3) is 0.893. The number of rotatable bonds is 22. The summed E-state index contributed by atoms with van der Waals surface area (Å²) < 4.78 is 5.03. The number of aryl methyl sites for hydroxylation is 2. The molecule has 0 aliphatic rings.